The van der Waals surface area contributed by atoms with Gasteiger partial charge >= 0.3 is 5.97 Å². The molecule has 9 nitrogen and oxygen atoms in total. The van der Waals surface area contributed by atoms with E-state index in [2.05, 4.69) is 9.72 Å². The molecule has 0 saturated heterocycles. The number of esters is 1. The number of hydrogen-bond donors (Lipinski definition) is 0. The Labute approximate surface area is 155 Å². The number of benzene rings is 1. The van der Waals surface area contributed by atoms with Gasteiger partial charge in [0.2, 0.25) is 11.8 Å². The maximum absolute atomic E-state index is 12.5. The molecule has 0 aliphatic heterocycles. The van der Waals surface area contributed by atoms with Gasteiger partial charge in [0.1, 0.15) is 6.26 Å². The van der Waals surface area contributed by atoms with Crippen molar-refractivity contribution in [3.8, 4) is 0 Å². The number of rotatable bonds is 8. The quantitative estimate of drug-likeness (QED) is 0.302. The van der Waals surface area contributed by atoms with E-state index in [1.165, 1.54) is 36.5 Å². The Morgan fingerprint density at radius 3 is 2.63 bits per heavy atom. The molecule has 1 aromatic carbocycles. The van der Waals surface area contributed by atoms with Crippen LogP contribution in [-0.4, -0.2) is 40.3 Å². The second kappa shape index (κ2) is 9.27. The van der Waals surface area contributed by atoms with Crippen LogP contribution >= 0.6 is 0 Å². The zero-order valence-corrected chi connectivity index (χ0v) is 15.0. The van der Waals surface area contributed by atoms with Crippen molar-refractivity contribution in [2.45, 2.75) is 19.9 Å². The molecule has 2 rings (SSSR count). The molecule has 0 radical (unpaired) electrons. The number of nitrogens with zero attached hydrogens (tertiary/aromatic N) is 3. The Kier molecular flexibility index (Phi) is 6.81. The summed E-state index contributed by atoms with van der Waals surface area (Å²) in [4.78, 5) is 39.6. The van der Waals surface area contributed by atoms with E-state index in [1.54, 1.807) is 18.2 Å². The fraction of sp³-hybridized carbons (Fsp3) is 0.278. The second-order valence-electron chi connectivity index (χ2n) is 5.56. The largest absolute Gasteiger partial charge is 0.464 e. The maximum atomic E-state index is 12.5. The summed E-state index contributed by atoms with van der Waals surface area (Å²) in [5.74, 6) is -0.662. The van der Waals surface area contributed by atoms with Crippen LogP contribution in [0.2, 0.25) is 0 Å². The van der Waals surface area contributed by atoms with E-state index in [4.69, 9.17) is 4.42 Å². The molecular formula is C18H19N3O6. The monoisotopic (exact) mass is 373 g/mol. The number of amides is 1. The highest BCUT2D eigenvalue weighted by Gasteiger charge is 2.17. The fourth-order valence-electron chi connectivity index (χ4n) is 2.26. The van der Waals surface area contributed by atoms with Gasteiger partial charge < -0.3 is 14.1 Å². The maximum Gasteiger partial charge on any atom is 0.360 e. The molecule has 0 N–H and O–H groups in total. The molecule has 1 amide bonds. The topological polar surface area (TPSA) is 116 Å². The molecule has 0 aliphatic rings. The van der Waals surface area contributed by atoms with Gasteiger partial charge in [0.05, 0.1) is 18.6 Å². The highest BCUT2D eigenvalue weighted by Crippen LogP contribution is 2.13. The summed E-state index contributed by atoms with van der Waals surface area (Å²) in [7, 11) is 1.24. The highest BCUT2D eigenvalue weighted by atomic mass is 16.6. The molecule has 0 atom stereocenters. The number of aromatic nitrogens is 1. The number of nitro benzene ring substituents is 1. The van der Waals surface area contributed by atoms with Crippen molar-refractivity contribution in [3.05, 3.63) is 63.9 Å². The van der Waals surface area contributed by atoms with Crippen LogP contribution in [0.15, 0.2) is 41.0 Å². The molecule has 142 valence electrons. The van der Waals surface area contributed by atoms with Crippen LogP contribution in [0, 0.1) is 10.1 Å². The second-order valence-corrected chi connectivity index (χ2v) is 5.56. The molecule has 1 aromatic heterocycles. The third-order valence-electron chi connectivity index (χ3n) is 3.60. The Morgan fingerprint density at radius 1 is 1.33 bits per heavy atom. The Balaban J connectivity index is 2.06. The summed E-state index contributed by atoms with van der Waals surface area (Å²) in [5.41, 5.74) is 0.684. The number of oxazole rings is 1. The van der Waals surface area contributed by atoms with Crippen LogP contribution in [-0.2, 0) is 16.1 Å². The normalized spacial score (nSPS) is 10.7. The van der Waals surface area contributed by atoms with E-state index in [1.807, 2.05) is 6.92 Å². The SMILES string of the molecule is CCCN(Cc1nc(C(=O)OC)co1)C(=O)C=Cc1ccc([N+](=O)[O-])cc1. The lowest BCUT2D eigenvalue weighted by Crippen LogP contribution is -2.29. The first-order valence-corrected chi connectivity index (χ1v) is 8.18. The lowest BCUT2D eigenvalue weighted by molar-refractivity contribution is -0.384. The van der Waals surface area contributed by atoms with Crippen molar-refractivity contribution in [1.82, 2.24) is 9.88 Å². The average molecular weight is 373 g/mol. The van der Waals surface area contributed by atoms with Crippen molar-refractivity contribution in [1.29, 1.82) is 0 Å². The molecule has 0 unspecified atom stereocenters. The minimum atomic E-state index is -0.614. The van der Waals surface area contributed by atoms with Crippen LogP contribution in [0.1, 0.15) is 35.3 Å². The predicted octanol–water partition coefficient (Wildman–Crippen LogP) is 2.82. The predicted molar refractivity (Wildman–Crippen MR) is 95.7 cm³/mol. The molecule has 0 fully saturated rings. The molecule has 0 saturated carbocycles. The molecule has 0 aliphatic carbocycles. The van der Waals surface area contributed by atoms with E-state index in [-0.39, 0.29) is 29.7 Å². The van der Waals surface area contributed by atoms with Gasteiger partial charge in [-0.15, -0.1) is 0 Å². The lowest BCUT2D eigenvalue weighted by atomic mass is 10.2. The van der Waals surface area contributed by atoms with E-state index < -0.39 is 10.9 Å². The Hall–Kier alpha value is -3.49. The standard InChI is InChI=1S/C18H19N3O6/c1-3-10-20(11-16-19-15(12-27-16)18(23)26-2)17(22)9-6-13-4-7-14(8-5-13)21(24)25/h4-9,12H,3,10-11H2,1-2H3. The van der Waals surface area contributed by atoms with Gasteiger partial charge in [-0.05, 0) is 30.2 Å². The van der Waals surface area contributed by atoms with Crippen LogP contribution in [0.4, 0.5) is 5.69 Å². The van der Waals surface area contributed by atoms with Crippen LogP contribution in [0.25, 0.3) is 6.08 Å². The lowest BCUT2D eigenvalue weighted by Gasteiger charge is -2.18. The van der Waals surface area contributed by atoms with Gasteiger partial charge in [-0.3, -0.25) is 14.9 Å². The average Bonchev–Trinajstić information content (AvgIpc) is 3.14. The number of non-ortho nitro benzene ring substituents is 1. The van der Waals surface area contributed by atoms with Gasteiger partial charge in [-0.25, -0.2) is 9.78 Å². The van der Waals surface area contributed by atoms with E-state index in [0.717, 1.165) is 6.42 Å². The molecule has 9 heteroatoms. The van der Waals surface area contributed by atoms with Gasteiger partial charge in [0.15, 0.2) is 5.69 Å². The first-order chi connectivity index (χ1) is 12.9. The number of ether oxygens (including phenoxy) is 1. The smallest absolute Gasteiger partial charge is 0.360 e. The summed E-state index contributed by atoms with van der Waals surface area (Å²) >= 11 is 0. The number of nitro groups is 1. The molecule has 2 aromatic rings. The van der Waals surface area contributed by atoms with Gasteiger partial charge in [-0.2, -0.15) is 0 Å². The first-order valence-electron chi connectivity index (χ1n) is 8.18. The summed E-state index contributed by atoms with van der Waals surface area (Å²) < 4.78 is 9.78. The van der Waals surface area contributed by atoms with Crippen molar-refractivity contribution in [3.63, 3.8) is 0 Å². The van der Waals surface area contributed by atoms with Crippen molar-refractivity contribution >= 4 is 23.6 Å². The Morgan fingerprint density at radius 2 is 2.04 bits per heavy atom. The number of hydrogen-bond acceptors (Lipinski definition) is 7. The molecule has 1 heterocycles. The molecule has 0 spiro atoms. The highest BCUT2D eigenvalue weighted by molar-refractivity contribution is 5.91. The summed E-state index contributed by atoms with van der Waals surface area (Å²) in [6.45, 7) is 2.50. The zero-order valence-electron chi connectivity index (χ0n) is 15.0. The van der Waals surface area contributed by atoms with E-state index in [9.17, 15) is 19.7 Å². The van der Waals surface area contributed by atoms with Gasteiger partial charge in [0, 0.05) is 24.8 Å². The van der Waals surface area contributed by atoms with Gasteiger partial charge in [0.25, 0.3) is 5.69 Å². The van der Waals surface area contributed by atoms with E-state index >= 15 is 0 Å². The summed E-state index contributed by atoms with van der Waals surface area (Å²) in [5, 5.41) is 10.7. The van der Waals surface area contributed by atoms with Crippen molar-refractivity contribution < 1.29 is 23.7 Å². The molecule has 27 heavy (non-hydrogen) atoms. The Bertz CT molecular complexity index is 841. The first kappa shape index (κ1) is 19.8. The summed E-state index contributed by atoms with van der Waals surface area (Å²) in [6.07, 6.45) is 4.86. The van der Waals surface area contributed by atoms with Crippen LogP contribution in [0.3, 0.4) is 0 Å². The van der Waals surface area contributed by atoms with Crippen molar-refractivity contribution in [2.24, 2.45) is 0 Å². The number of methoxy groups -OCH3 is 1. The third-order valence-corrected chi connectivity index (χ3v) is 3.60. The molecular weight excluding hydrogens is 354 g/mol. The van der Waals surface area contributed by atoms with Gasteiger partial charge in [-0.1, -0.05) is 6.92 Å². The third kappa shape index (κ3) is 5.50. The van der Waals surface area contributed by atoms with Crippen LogP contribution < -0.4 is 0 Å². The van der Waals surface area contributed by atoms with Crippen molar-refractivity contribution in [2.75, 3.05) is 13.7 Å². The number of carbonyl (C=O) groups is 2. The zero-order chi connectivity index (χ0) is 19.8. The minimum Gasteiger partial charge on any atom is -0.464 e. The minimum absolute atomic E-state index is 0.0172. The number of carbonyl (C=O) groups excluding carboxylic acids is 2. The van der Waals surface area contributed by atoms with E-state index in [0.29, 0.717) is 12.1 Å². The molecule has 0 bridgehead atoms. The summed E-state index contributed by atoms with van der Waals surface area (Å²) in [6, 6.07) is 5.86. The van der Waals surface area contributed by atoms with Crippen LogP contribution in [0.5, 0.6) is 0 Å². The fourth-order valence-corrected chi connectivity index (χ4v) is 2.26.